The van der Waals surface area contributed by atoms with E-state index < -0.39 is 47.7 Å². The van der Waals surface area contributed by atoms with Crippen LogP contribution in [0.25, 0.3) is 0 Å². The van der Waals surface area contributed by atoms with Crippen LogP contribution in [0.5, 0.6) is 11.8 Å². The SMILES string of the molecule is O=C(On1c(O)ccc1O)[C@@H]1CCCN1C(=O)[C@@H]1CCC(=O)N1C(=O)OCc1ccccc1. The molecule has 33 heavy (non-hydrogen) atoms. The molecule has 1 aromatic heterocycles. The number of rotatable bonds is 5. The number of hydrogen-bond acceptors (Lipinski definition) is 8. The largest absolute Gasteiger partial charge is 0.492 e. The van der Waals surface area contributed by atoms with Crippen LogP contribution < -0.4 is 4.84 Å². The van der Waals surface area contributed by atoms with Crippen LogP contribution in [0.3, 0.4) is 0 Å². The Morgan fingerprint density at radius 3 is 2.36 bits per heavy atom. The van der Waals surface area contributed by atoms with Crippen LogP contribution in [-0.2, 0) is 25.7 Å². The predicted octanol–water partition coefficient (Wildman–Crippen LogP) is 1.17. The maximum absolute atomic E-state index is 13.2. The van der Waals surface area contributed by atoms with Crippen LogP contribution in [0.2, 0.25) is 0 Å². The van der Waals surface area contributed by atoms with Crippen molar-refractivity contribution in [2.45, 2.75) is 44.4 Å². The third kappa shape index (κ3) is 4.47. The van der Waals surface area contributed by atoms with Gasteiger partial charge in [0.1, 0.15) is 18.7 Å². The van der Waals surface area contributed by atoms with E-state index in [1.165, 1.54) is 4.90 Å². The number of imide groups is 1. The summed E-state index contributed by atoms with van der Waals surface area (Å²) in [6, 6.07) is 9.14. The van der Waals surface area contributed by atoms with E-state index in [9.17, 15) is 29.4 Å². The fourth-order valence-corrected chi connectivity index (χ4v) is 4.05. The van der Waals surface area contributed by atoms with Crippen molar-refractivity contribution in [1.82, 2.24) is 14.5 Å². The number of ether oxygens (including phenoxy) is 1. The molecule has 0 spiro atoms. The topological polar surface area (TPSA) is 139 Å². The molecule has 1 aromatic carbocycles. The molecule has 2 saturated heterocycles. The van der Waals surface area contributed by atoms with Crippen LogP contribution in [0.1, 0.15) is 31.2 Å². The molecule has 2 aliphatic heterocycles. The summed E-state index contributed by atoms with van der Waals surface area (Å²) in [4.78, 5) is 58.0. The van der Waals surface area contributed by atoms with Gasteiger partial charge < -0.3 is 24.7 Å². The van der Waals surface area contributed by atoms with E-state index in [0.717, 1.165) is 22.6 Å². The monoisotopic (exact) mass is 457 g/mol. The third-order valence-electron chi connectivity index (χ3n) is 5.69. The van der Waals surface area contributed by atoms with Gasteiger partial charge in [0.25, 0.3) is 0 Å². The summed E-state index contributed by atoms with van der Waals surface area (Å²) >= 11 is 0. The van der Waals surface area contributed by atoms with Crippen LogP contribution in [0, 0.1) is 0 Å². The maximum Gasteiger partial charge on any atom is 0.417 e. The highest BCUT2D eigenvalue weighted by Crippen LogP contribution is 2.27. The van der Waals surface area contributed by atoms with Gasteiger partial charge in [0.15, 0.2) is 0 Å². The number of aromatic hydroxyl groups is 2. The lowest BCUT2D eigenvalue weighted by Gasteiger charge is -2.29. The average molecular weight is 457 g/mol. The molecule has 0 radical (unpaired) electrons. The third-order valence-corrected chi connectivity index (χ3v) is 5.69. The minimum atomic E-state index is -1.08. The van der Waals surface area contributed by atoms with Crippen molar-refractivity contribution >= 4 is 23.9 Å². The molecule has 2 aliphatic rings. The lowest BCUT2D eigenvalue weighted by molar-refractivity contribution is -0.156. The maximum atomic E-state index is 13.2. The first-order chi connectivity index (χ1) is 15.9. The fourth-order valence-electron chi connectivity index (χ4n) is 4.05. The second-order valence-corrected chi connectivity index (χ2v) is 7.80. The van der Waals surface area contributed by atoms with Crippen molar-refractivity contribution < 1.29 is 39.0 Å². The number of amides is 3. The Bertz CT molecular complexity index is 1050. The normalized spacial score (nSPS) is 20.2. The highest BCUT2D eigenvalue weighted by Gasteiger charge is 2.46. The molecule has 0 saturated carbocycles. The Morgan fingerprint density at radius 1 is 0.970 bits per heavy atom. The quantitative estimate of drug-likeness (QED) is 0.682. The zero-order valence-corrected chi connectivity index (χ0v) is 17.6. The number of carbonyl (C=O) groups excluding carboxylic acids is 4. The molecule has 3 heterocycles. The van der Waals surface area contributed by atoms with E-state index in [4.69, 9.17) is 9.57 Å². The number of likely N-dealkylation sites (tertiary alicyclic amines) is 2. The Morgan fingerprint density at radius 2 is 1.67 bits per heavy atom. The van der Waals surface area contributed by atoms with Crippen molar-refractivity contribution in [3.05, 3.63) is 48.0 Å². The standard InChI is InChI=1S/C22H23N3O8/c26-17-9-8-15(24(17)22(31)32-13-14-5-2-1-3-6-14)20(29)23-12-4-7-16(23)21(30)33-25-18(27)10-11-19(25)28/h1-3,5-6,10-11,15-16,27-28H,4,7-9,12-13H2/t15-,16-/m0/s1. The van der Waals surface area contributed by atoms with Gasteiger partial charge in [-0.2, -0.15) is 0 Å². The summed E-state index contributed by atoms with van der Waals surface area (Å²) in [5.74, 6) is -2.90. The molecule has 11 nitrogen and oxygen atoms in total. The van der Waals surface area contributed by atoms with Gasteiger partial charge in [-0.1, -0.05) is 30.3 Å². The first-order valence-electron chi connectivity index (χ1n) is 10.5. The summed E-state index contributed by atoms with van der Waals surface area (Å²) in [6.45, 7) is 0.187. The van der Waals surface area contributed by atoms with Gasteiger partial charge in [-0.05, 0) is 24.8 Å². The second kappa shape index (κ2) is 9.23. The van der Waals surface area contributed by atoms with Crippen LogP contribution in [0.15, 0.2) is 42.5 Å². The number of hydrogen-bond donors (Lipinski definition) is 2. The molecule has 174 valence electrons. The summed E-state index contributed by atoms with van der Waals surface area (Å²) in [6.07, 6.45) is 0.0153. The van der Waals surface area contributed by atoms with Crippen molar-refractivity contribution in [1.29, 1.82) is 0 Å². The second-order valence-electron chi connectivity index (χ2n) is 7.80. The predicted molar refractivity (Wildman–Crippen MR) is 111 cm³/mol. The van der Waals surface area contributed by atoms with Gasteiger partial charge in [-0.3, -0.25) is 9.59 Å². The van der Waals surface area contributed by atoms with E-state index in [-0.39, 0.29) is 26.0 Å². The molecule has 2 atom stereocenters. The van der Waals surface area contributed by atoms with Gasteiger partial charge in [0.2, 0.25) is 23.6 Å². The molecule has 0 aliphatic carbocycles. The molecule has 3 amide bonds. The van der Waals surface area contributed by atoms with Gasteiger partial charge >= 0.3 is 12.1 Å². The smallest absolute Gasteiger partial charge is 0.417 e. The minimum Gasteiger partial charge on any atom is -0.492 e. The van der Waals surface area contributed by atoms with Gasteiger partial charge in [0.05, 0.1) is 0 Å². The number of benzene rings is 1. The van der Waals surface area contributed by atoms with Gasteiger partial charge in [0, 0.05) is 25.1 Å². The van der Waals surface area contributed by atoms with Crippen molar-refractivity contribution in [2.75, 3.05) is 6.54 Å². The molecule has 4 rings (SSSR count). The number of carbonyl (C=O) groups is 4. The van der Waals surface area contributed by atoms with Crippen molar-refractivity contribution in [2.24, 2.45) is 0 Å². The molecule has 0 unspecified atom stereocenters. The zero-order chi connectivity index (χ0) is 23.5. The van der Waals surface area contributed by atoms with E-state index in [0.29, 0.717) is 17.6 Å². The molecule has 2 aromatic rings. The Labute approximate surface area is 188 Å². The first kappa shape index (κ1) is 22.2. The fraction of sp³-hybridized carbons (Fsp3) is 0.364. The minimum absolute atomic E-state index is 0.00487. The molecular formula is C22H23N3O8. The molecule has 2 N–H and O–H groups in total. The van der Waals surface area contributed by atoms with E-state index >= 15 is 0 Å². The lowest BCUT2D eigenvalue weighted by atomic mass is 10.1. The Hall–Kier alpha value is -4.02. The highest BCUT2D eigenvalue weighted by molar-refractivity contribution is 6.01. The molecular weight excluding hydrogens is 434 g/mol. The van der Waals surface area contributed by atoms with Crippen LogP contribution in [-0.4, -0.2) is 67.2 Å². The van der Waals surface area contributed by atoms with E-state index in [1.54, 1.807) is 24.3 Å². The lowest BCUT2D eigenvalue weighted by Crippen LogP contribution is -2.53. The first-order valence-corrected chi connectivity index (χ1v) is 10.5. The van der Waals surface area contributed by atoms with Crippen LogP contribution in [0.4, 0.5) is 4.79 Å². The Balaban J connectivity index is 1.44. The summed E-state index contributed by atoms with van der Waals surface area (Å²) in [7, 11) is 0. The van der Waals surface area contributed by atoms with E-state index in [2.05, 4.69) is 0 Å². The zero-order valence-electron chi connectivity index (χ0n) is 17.6. The number of aromatic nitrogens is 1. The average Bonchev–Trinajstić information content (AvgIpc) is 3.53. The molecule has 0 bridgehead atoms. The van der Waals surface area contributed by atoms with Gasteiger partial charge in [-0.15, -0.1) is 4.73 Å². The Kier molecular flexibility index (Phi) is 6.20. The summed E-state index contributed by atoms with van der Waals surface area (Å²) < 4.78 is 5.79. The van der Waals surface area contributed by atoms with Crippen LogP contribution >= 0.6 is 0 Å². The summed E-state index contributed by atoms with van der Waals surface area (Å²) in [5, 5.41) is 19.4. The molecule has 11 heteroatoms. The van der Waals surface area contributed by atoms with E-state index in [1.807, 2.05) is 6.07 Å². The number of nitrogens with zero attached hydrogens (tertiary/aromatic N) is 3. The molecule has 2 fully saturated rings. The highest BCUT2D eigenvalue weighted by atomic mass is 16.7. The van der Waals surface area contributed by atoms with Crippen molar-refractivity contribution in [3.8, 4) is 11.8 Å². The van der Waals surface area contributed by atoms with Gasteiger partial charge in [-0.25, -0.2) is 14.5 Å². The summed E-state index contributed by atoms with van der Waals surface area (Å²) in [5.41, 5.74) is 0.735. The van der Waals surface area contributed by atoms with Crippen molar-refractivity contribution in [3.63, 3.8) is 0 Å².